The first-order valence-corrected chi connectivity index (χ1v) is 13.0. The van der Waals surface area contributed by atoms with Gasteiger partial charge in [-0.05, 0) is 43.2 Å². The molecule has 0 bridgehead atoms. The molecule has 1 aliphatic heterocycles. The summed E-state index contributed by atoms with van der Waals surface area (Å²) in [5, 5.41) is 2.93. The number of benzene rings is 2. The third-order valence-electron chi connectivity index (χ3n) is 5.99. The molecule has 170 valence electrons. The maximum Gasteiger partial charge on any atom is 0.243 e. The molecule has 0 N–H and O–H groups in total. The molecule has 2 aromatic carbocycles. The van der Waals surface area contributed by atoms with Crippen molar-refractivity contribution in [1.29, 1.82) is 0 Å². The van der Waals surface area contributed by atoms with Crippen LogP contribution in [0.2, 0.25) is 0 Å². The summed E-state index contributed by atoms with van der Waals surface area (Å²) >= 11 is 1.52. The Morgan fingerprint density at radius 2 is 1.70 bits per heavy atom. The van der Waals surface area contributed by atoms with Crippen LogP contribution in [0.25, 0.3) is 21.3 Å². The molecule has 0 spiro atoms. The van der Waals surface area contributed by atoms with Gasteiger partial charge in [0.2, 0.25) is 10.0 Å². The highest BCUT2D eigenvalue weighted by molar-refractivity contribution is 7.89. The number of hydrogen-bond acceptors (Lipinski definition) is 6. The number of aromatic nitrogens is 2. The molecule has 1 aliphatic rings. The average Bonchev–Trinajstić information content (AvgIpc) is 3.24. The second kappa shape index (κ2) is 8.48. The quantitative estimate of drug-likeness (QED) is 0.425. The number of hydrogen-bond donors (Lipinski definition) is 0. The number of halogens is 1. The van der Waals surface area contributed by atoms with Gasteiger partial charge in [0.1, 0.15) is 22.8 Å². The van der Waals surface area contributed by atoms with Crippen molar-refractivity contribution in [3.63, 3.8) is 0 Å². The van der Waals surface area contributed by atoms with Gasteiger partial charge in [0.15, 0.2) is 0 Å². The van der Waals surface area contributed by atoms with Crippen molar-refractivity contribution in [2.24, 2.45) is 0 Å². The number of thiophene rings is 1. The lowest BCUT2D eigenvalue weighted by Crippen LogP contribution is -2.49. The largest absolute Gasteiger partial charge is 0.353 e. The van der Waals surface area contributed by atoms with Gasteiger partial charge in [0.05, 0.1) is 10.3 Å². The summed E-state index contributed by atoms with van der Waals surface area (Å²) in [4.78, 5) is 12.3. The van der Waals surface area contributed by atoms with Gasteiger partial charge < -0.3 is 4.90 Å². The number of rotatable bonds is 4. The number of piperazine rings is 1. The van der Waals surface area contributed by atoms with E-state index in [9.17, 15) is 12.8 Å². The van der Waals surface area contributed by atoms with Gasteiger partial charge in [-0.25, -0.2) is 22.8 Å². The summed E-state index contributed by atoms with van der Waals surface area (Å²) < 4.78 is 41.5. The molecule has 1 fully saturated rings. The Labute approximate surface area is 196 Å². The topological polar surface area (TPSA) is 66.4 Å². The summed E-state index contributed by atoms with van der Waals surface area (Å²) in [6.07, 6.45) is 1.54. The first kappa shape index (κ1) is 21.9. The molecule has 0 unspecified atom stereocenters. The number of aryl methyl sites for hydroxylation is 2. The fourth-order valence-electron chi connectivity index (χ4n) is 4.31. The highest BCUT2D eigenvalue weighted by Crippen LogP contribution is 2.38. The highest BCUT2D eigenvalue weighted by atomic mass is 32.2. The molecule has 0 saturated carbocycles. The highest BCUT2D eigenvalue weighted by Gasteiger charge is 2.31. The van der Waals surface area contributed by atoms with Crippen LogP contribution in [0.15, 0.2) is 59.1 Å². The van der Waals surface area contributed by atoms with E-state index in [4.69, 9.17) is 0 Å². The SMILES string of the molecule is Cc1ccc(S(=O)(=O)N2CCN(c3ncnc4scc(-c5ccc(F)cc5)c34)CC2)c(C)c1. The van der Waals surface area contributed by atoms with E-state index in [2.05, 4.69) is 14.9 Å². The normalized spacial score (nSPS) is 15.3. The van der Waals surface area contributed by atoms with Crippen LogP contribution in [0, 0.1) is 19.7 Å². The van der Waals surface area contributed by atoms with E-state index in [0.717, 1.165) is 38.3 Å². The third kappa shape index (κ3) is 4.01. The Kier molecular flexibility index (Phi) is 5.64. The molecule has 0 aliphatic carbocycles. The lowest BCUT2D eigenvalue weighted by atomic mass is 10.1. The molecule has 1 saturated heterocycles. The molecular weight excluding hydrogens is 459 g/mol. The molecule has 0 atom stereocenters. The summed E-state index contributed by atoms with van der Waals surface area (Å²) in [5.74, 6) is 0.500. The molecule has 0 radical (unpaired) electrons. The van der Waals surface area contributed by atoms with Crippen LogP contribution in [0.3, 0.4) is 0 Å². The van der Waals surface area contributed by atoms with Crippen molar-refractivity contribution in [3.05, 3.63) is 71.1 Å². The lowest BCUT2D eigenvalue weighted by molar-refractivity contribution is 0.384. The van der Waals surface area contributed by atoms with Gasteiger partial charge in [0, 0.05) is 37.1 Å². The summed E-state index contributed by atoms with van der Waals surface area (Å²) in [6, 6.07) is 11.8. The first-order valence-electron chi connectivity index (χ1n) is 10.6. The van der Waals surface area contributed by atoms with Crippen LogP contribution in [0.4, 0.5) is 10.2 Å². The van der Waals surface area contributed by atoms with Crippen molar-refractivity contribution in [2.75, 3.05) is 31.1 Å². The summed E-state index contributed by atoms with van der Waals surface area (Å²) in [5.41, 5.74) is 3.65. The van der Waals surface area contributed by atoms with Gasteiger partial charge in [-0.3, -0.25) is 0 Å². The van der Waals surface area contributed by atoms with E-state index in [1.807, 2.05) is 31.4 Å². The van der Waals surface area contributed by atoms with Crippen molar-refractivity contribution >= 4 is 37.4 Å². The number of fused-ring (bicyclic) bond motifs is 1. The molecule has 0 amide bonds. The van der Waals surface area contributed by atoms with Gasteiger partial charge in [-0.1, -0.05) is 29.8 Å². The van der Waals surface area contributed by atoms with Crippen LogP contribution in [-0.2, 0) is 10.0 Å². The van der Waals surface area contributed by atoms with Crippen molar-refractivity contribution < 1.29 is 12.8 Å². The molecular formula is C24H23FN4O2S2. The second-order valence-corrected chi connectivity index (χ2v) is 11.0. The Morgan fingerprint density at radius 1 is 0.970 bits per heavy atom. The Bertz CT molecular complexity index is 1430. The van der Waals surface area contributed by atoms with E-state index in [0.29, 0.717) is 31.1 Å². The lowest BCUT2D eigenvalue weighted by Gasteiger charge is -2.35. The minimum atomic E-state index is -3.56. The molecule has 9 heteroatoms. The van der Waals surface area contributed by atoms with Crippen LogP contribution in [0.5, 0.6) is 0 Å². The Morgan fingerprint density at radius 3 is 2.39 bits per heavy atom. The standard InChI is InChI=1S/C24H23FN4O2S2/c1-16-3-8-21(17(2)13-16)33(30,31)29-11-9-28(10-12-29)23-22-20(14-32-24(22)27-15-26-23)18-4-6-19(25)7-5-18/h3-8,13-15H,9-12H2,1-2H3. The van der Waals surface area contributed by atoms with E-state index in [-0.39, 0.29) is 5.82 Å². The van der Waals surface area contributed by atoms with E-state index in [1.54, 1.807) is 28.8 Å². The van der Waals surface area contributed by atoms with Gasteiger partial charge in [-0.2, -0.15) is 4.31 Å². The molecule has 6 nitrogen and oxygen atoms in total. The molecule has 5 rings (SSSR count). The van der Waals surface area contributed by atoms with Crippen LogP contribution in [-0.4, -0.2) is 48.9 Å². The number of sulfonamides is 1. The van der Waals surface area contributed by atoms with Gasteiger partial charge in [-0.15, -0.1) is 11.3 Å². The second-order valence-electron chi connectivity index (χ2n) is 8.19. The van der Waals surface area contributed by atoms with Crippen molar-refractivity contribution in [2.45, 2.75) is 18.7 Å². The van der Waals surface area contributed by atoms with Gasteiger partial charge in [0.25, 0.3) is 0 Å². The maximum absolute atomic E-state index is 13.4. The maximum atomic E-state index is 13.4. The van der Waals surface area contributed by atoms with Crippen molar-refractivity contribution in [3.8, 4) is 11.1 Å². The predicted molar refractivity (Wildman–Crippen MR) is 130 cm³/mol. The minimum absolute atomic E-state index is 0.282. The van der Waals surface area contributed by atoms with E-state index >= 15 is 0 Å². The van der Waals surface area contributed by atoms with Crippen LogP contribution >= 0.6 is 11.3 Å². The van der Waals surface area contributed by atoms with Crippen molar-refractivity contribution in [1.82, 2.24) is 14.3 Å². The minimum Gasteiger partial charge on any atom is -0.353 e. The fraction of sp³-hybridized carbons (Fsp3) is 0.250. The number of nitrogens with zero attached hydrogens (tertiary/aromatic N) is 4. The van der Waals surface area contributed by atoms with E-state index < -0.39 is 10.0 Å². The summed E-state index contributed by atoms with van der Waals surface area (Å²) in [6.45, 7) is 5.58. The fourth-order valence-corrected chi connectivity index (χ4v) is 6.85. The first-order chi connectivity index (χ1) is 15.8. The Hall–Kier alpha value is -2.88. The van der Waals surface area contributed by atoms with Gasteiger partial charge >= 0.3 is 0 Å². The number of anilines is 1. The Balaban J connectivity index is 1.43. The van der Waals surface area contributed by atoms with E-state index in [1.165, 1.54) is 23.5 Å². The molecule has 3 heterocycles. The smallest absolute Gasteiger partial charge is 0.243 e. The molecule has 33 heavy (non-hydrogen) atoms. The monoisotopic (exact) mass is 482 g/mol. The zero-order valence-corrected chi connectivity index (χ0v) is 20.0. The zero-order chi connectivity index (χ0) is 23.2. The average molecular weight is 483 g/mol. The molecule has 2 aromatic heterocycles. The summed E-state index contributed by atoms with van der Waals surface area (Å²) in [7, 11) is -3.56. The van der Waals surface area contributed by atoms with Crippen LogP contribution < -0.4 is 4.90 Å². The van der Waals surface area contributed by atoms with Crippen LogP contribution in [0.1, 0.15) is 11.1 Å². The molecule has 4 aromatic rings. The predicted octanol–water partition coefficient (Wildman–Crippen LogP) is 4.63. The zero-order valence-electron chi connectivity index (χ0n) is 18.3. The third-order valence-corrected chi connectivity index (χ3v) is 8.94.